The number of nitrogens with zero attached hydrogens (tertiary/aromatic N) is 2. The summed E-state index contributed by atoms with van der Waals surface area (Å²) < 4.78 is 0.995. The quantitative estimate of drug-likeness (QED) is 0.282. The number of nitro benzene ring substituents is 1. The molecule has 32 heavy (non-hydrogen) atoms. The first kappa shape index (κ1) is 20.4. The van der Waals surface area contributed by atoms with Crippen LogP contribution < -0.4 is 0 Å². The maximum Gasteiger partial charge on any atom is 0.269 e. The van der Waals surface area contributed by atoms with Gasteiger partial charge < -0.3 is 10.1 Å². The predicted octanol–water partition coefficient (Wildman–Crippen LogP) is 6.32. The predicted molar refractivity (Wildman–Crippen MR) is 126 cm³/mol. The van der Waals surface area contributed by atoms with E-state index in [4.69, 9.17) is 4.98 Å². The maximum absolute atomic E-state index is 13.3. The number of nitro groups is 1. The average Bonchev–Trinajstić information content (AvgIpc) is 3.26. The van der Waals surface area contributed by atoms with E-state index in [2.05, 4.69) is 4.98 Å². The van der Waals surface area contributed by atoms with Crippen molar-refractivity contribution in [3.05, 3.63) is 62.8 Å². The minimum absolute atomic E-state index is 0.0125. The molecule has 0 unspecified atom stereocenters. The molecule has 0 spiro atoms. The van der Waals surface area contributed by atoms with Crippen LogP contribution >= 0.6 is 11.3 Å². The molecule has 0 radical (unpaired) electrons. The Hall–Kier alpha value is -3.52. The number of aliphatic hydroxyl groups is 1. The highest BCUT2D eigenvalue weighted by atomic mass is 32.1. The van der Waals surface area contributed by atoms with E-state index in [9.17, 15) is 20.0 Å². The molecular formula is C24H21N3O4S. The fourth-order valence-corrected chi connectivity index (χ4v) is 5.41. The van der Waals surface area contributed by atoms with Crippen molar-refractivity contribution in [2.75, 3.05) is 0 Å². The first-order chi connectivity index (χ1) is 15.1. The molecule has 0 saturated heterocycles. The third-order valence-corrected chi connectivity index (χ3v) is 6.83. The van der Waals surface area contributed by atoms with E-state index >= 15 is 0 Å². The molecular weight excluding hydrogens is 426 g/mol. The molecule has 8 heteroatoms. The molecule has 2 aromatic carbocycles. The van der Waals surface area contributed by atoms with Crippen LogP contribution in [0.1, 0.15) is 37.3 Å². The number of allylic oxidation sites excluding steroid dienone is 2. The lowest BCUT2D eigenvalue weighted by atomic mass is 9.74. The third kappa shape index (κ3) is 3.18. The number of aromatic nitrogens is 2. The van der Waals surface area contributed by atoms with Crippen LogP contribution in [-0.4, -0.2) is 25.8 Å². The fourth-order valence-electron chi connectivity index (χ4n) is 4.57. The molecule has 0 bridgehead atoms. The van der Waals surface area contributed by atoms with Crippen LogP contribution in [0.25, 0.3) is 38.0 Å². The number of ketones is 1. The van der Waals surface area contributed by atoms with Crippen LogP contribution in [0, 0.1) is 22.5 Å². The van der Waals surface area contributed by atoms with Crippen molar-refractivity contribution < 1.29 is 14.8 Å². The number of fused-ring (bicyclic) bond motifs is 3. The second kappa shape index (κ2) is 7.00. The highest BCUT2D eigenvalue weighted by Crippen LogP contribution is 2.46. The zero-order valence-corrected chi connectivity index (χ0v) is 18.7. The zero-order chi connectivity index (χ0) is 22.8. The monoisotopic (exact) mass is 447 g/mol. The minimum atomic E-state index is -0.446. The molecule has 4 aromatic rings. The second-order valence-electron chi connectivity index (χ2n) is 9.01. The van der Waals surface area contributed by atoms with Gasteiger partial charge in [-0.2, -0.15) is 0 Å². The van der Waals surface area contributed by atoms with Gasteiger partial charge in [0.2, 0.25) is 0 Å². The number of carbonyl (C=O) groups excluding carboxylic acids is 1. The van der Waals surface area contributed by atoms with Crippen LogP contribution in [0.4, 0.5) is 5.69 Å². The largest absolute Gasteiger partial charge is 0.512 e. The SMILES string of the molecule is Cc1nc2c(ccc3[nH]c(-c4ccc([N+](=O)[O-])cc4)c(C4=C(O)CC(C)(C)CC4=O)c32)s1. The lowest BCUT2D eigenvalue weighted by Gasteiger charge is -2.29. The van der Waals surface area contributed by atoms with Crippen LogP contribution in [0.5, 0.6) is 0 Å². The number of aryl methyl sites for hydroxylation is 1. The Kier molecular flexibility index (Phi) is 4.46. The summed E-state index contributed by atoms with van der Waals surface area (Å²) in [5, 5.41) is 23.8. The molecule has 0 amide bonds. The van der Waals surface area contributed by atoms with Gasteiger partial charge in [0.05, 0.1) is 31.4 Å². The van der Waals surface area contributed by atoms with Gasteiger partial charge in [-0.05, 0) is 42.2 Å². The molecule has 2 aromatic heterocycles. The fraction of sp³-hybridized carbons (Fsp3) is 0.250. The zero-order valence-electron chi connectivity index (χ0n) is 17.9. The van der Waals surface area contributed by atoms with Gasteiger partial charge >= 0.3 is 0 Å². The van der Waals surface area contributed by atoms with Gasteiger partial charge in [-0.15, -0.1) is 11.3 Å². The first-order valence-electron chi connectivity index (χ1n) is 10.3. The van der Waals surface area contributed by atoms with E-state index < -0.39 is 4.92 Å². The maximum atomic E-state index is 13.3. The summed E-state index contributed by atoms with van der Waals surface area (Å²) in [4.78, 5) is 32.1. The molecule has 0 saturated carbocycles. The van der Waals surface area contributed by atoms with E-state index in [1.807, 2.05) is 32.9 Å². The summed E-state index contributed by atoms with van der Waals surface area (Å²) in [6.07, 6.45) is 0.720. The molecule has 2 heterocycles. The number of thiazole rings is 1. The summed E-state index contributed by atoms with van der Waals surface area (Å²) in [6, 6.07) is 10.1. The number of aliphatic hydroxyl groups excluding tert-OH is 1. The Balaban J connectivity index is 1.86. The molecule has 162 valence electrons. The number of benzene rings is 2. The van der Waals surface area contributed by atoms with Crippen LogP contribution in [0.3, 0.4) is 0 Å². The Morgan fingerprint density at radius 3 is 2.53 bits per heavy atom. The van der Waals surface area contributed by atoms with E-state index in [0.29, 0.717) is 35.2 Å². The van der Waals surface area contributed by atoms with Crippen LogP contribution in [0.15, 0.2) is 42.2 Å². The van der Waals surface area contributed by atoms with Crippen molar-refractivity contribution in [1.82, 2.24) is 9.97 Å². The van der Waals surface area contributed by atoms with E-state index in [1.165, 1.54) is 12.1 Å². The number of carbonyl (C=O) groups is 1. The Bertz CT molecular complexity index is 1460. The standard InChI is InChI=1S/C24H21N3O4S/c1-12-25-23-18(32-12)9-8-15-19(23)21(20-16(28)10-24(2,3)11-17(20)29)22(26-15)13-4-6-14(7-5-13)27(30)31/h4-9,26,28H,10-11H2,1-3H3. The third-order valence-electron chi connectivity index (χ3n) is 5.90. The summed E-state index contributed by atoms with van der Waals surface area (Å²) >= 11 is 1.57. The van der Waals surface area contributed by atoms with E-state index in [-0.39, 0.29) is 22.6 Å². The van der Waals surface area contributed by atoms with Crippen molar-refractivity contribution in [3.8, 4) is 11.3 Å². The number of hydrogen-bond acceptors (Lipinski definition) is 6. The van der Waals surface area contributed by atoms with Crippen molar-refractivity contribution >= 4 is 49.5 Å². The molecule has 5 rings (SSSR count). The number of Topliss-reactive ketones (excluding diaryl/α,β-unsaturated/α-hetero) is 1. The smallest absolute Gasteiger partial charge is 0.269 e. The molecule has 7 nitrogen and oxygen atoms in total. The number of non-ortho nitro benzene ring substituents is 1. The van der Waals surface area contributed by atoms with Gasteiger partial charge in [-0.1, -0.05) is 13.8 Å². The van der Waals surface area contributed by atoms with Gasteiger partial charge in [0, 0.05) is 41.4 Å². The van der Waals surface area contributed by atoms with Crippen LogP contribution in [0.2, 0.25) is 0 Å². The molecule has 0 atom stereocenters. The average molecular weight is 448 g/mol. The van der Waals surface area contributed by atoms with Crippen molar-refractivity contribution in [3.63, 3.8) is 0 Å². The van der Waals surface area contributed by atoms with Gasteiger partial charge in [-0.25, -0.2) is 4.98 Å². The van der Waals surface area contributed by atoms with Crippen molar-refractivity contribution in [2.24, 2.45) is 5.41 Å². The summed E-state index contributed by atoms with van der Waals surface area (Å²) in [5.41, 5.74) is 3.50. The molecule has 0 aliphatic heterocycles. The molecule has 1 aliphatic carbocycles. The number of hydrogen-bond donors (Lipinski definition) is 2. The van der Waals surface area contributed by atoms with Gasteiger partial charge in [0.15, 0.2) is 5.78 Å². The number of rotatable bonds is 3. The number of aromatic amines is 1. The molecule has 1 aliphatic rings. The van der Waals surface area contributed by atoms with Crippen LogP contribution in [-0.2, 0) is 4.79 Å². The van der Waals surface area contributed by atoms with E-state index in [0.717, 1.165) is 26.1 Å². The van der Waals surface area contributed by atoms with E-state index in [1.54, 1.807) is 23.5 Å². The van der Waals surface area contributed by atoms with Crippen molar-refractivity contribution in [1.29, 1.82) is 0 Å². The Morgan fingerprint density at radius 2 is 1.88 bits per heavy atom. The normalized spacial score (nSPS) is 16.3. The highest BCUT2D eigenvalue weighted by Gasteiger charge is 2.36. The highest BCUT2D eigenvalue weighted by molar-refractivity contribution is 7.18. The summed E-state index contributed by atoms with van der Waals surface area (Å²) in [7, 11) is 0. The number of nitrogens with one attached hydrogen (secondary N) is 1. The lowest BCUT2D eigenvalue weighted by Crippen LogP contribution is -2.25. The van der Waals surface area contributed by atoms with Gasteiger partial charge in [0.25, 0.3) is 5.69 Å². The minimum Gasteiger partial charge on any atom is -0.512 e. The Morgan fingerprint density at radius 1 is 1.16 bits per heavy atom. The first-order valence-corrected chi connectivity index (χ1v) is 11.1. The Labute approximate surface area is 187 Å². The summed E-state index contributed by atoms with van der Waals surface area (Å²) in [6.45, 7) is 5.86. The lowest BCUT2D eigenvalue weighted by molar-refractivity contribution is -0.384. The van der Waals surface area contributed by atoms with Gasteiger partial charge in [-0.3, -0.25) is 14.9 Å². The van der Waals surface area contributed by atoms with Gasteiger partial charge in [0.1, 0.15) is 5.76 Å². The topological polar surface area (TPSA) is 109 Å². The molecule has 0 fully saturated rings. The molecule has 2 N–H and O–H groups in total. The van der Waals surface area contributed by atoms with Crippen molar-refractivity contribution in [2.45, 2.75) is 33.6 Å². The number of H-pyrrole nitrogens is 1. The summed E-state index contributed by atoms with van der Waals surface area (Å²) in [5.74, 6) is -0.0500. The second-order valence-corrected chi connectivity index (χ2v) is 10.2.